The first-order valence-electron chi connectivity index (χ1n) is 7.73. The Hall–Kier alpha value is -2.82. The van der Waals surface area contributed by atoms with Crippen LogP contribution in [0.3, 0.4) is 0 Å². The molecule has 2 aromatic rings. The van der Waals surface area contributed by atoms with Crippen molar-refractivity contribution in [3.05, 3.63) is 58.7 Å². The van der Waals surface area contributed by atoms with Crippen molar-refractivity contribution in [1.29, 1.82) is 0 Å². The van der Waals surface area contributed by atoms with Gasteiger partial charge in [-0.2, -0.15) is 0 Å². The number of benzene rings is 2. The lowest BCUT2D eigenvalue weighted by Gasteiger charge is -2.18. The van der Waals surface area contributed by atoms with E-state index < -0.39 is 12.0 Å². The van der Waals surface area contributed by atoms with E-state index in [1.807, 2.05) is 32.0 Å². The largest absolute Gasteiger partial charge is 0.481 e. The highest BCUT2D eigenvalue weighted by molar-refractivity contribution is 5.99. The maximum absolute atomic E-state index is 12.4. The molecule has 24 heavy (non-hydrogen) atoms. The molecule has 0 aliphatic heterocycles. The van der Waals surface area contributed by atoms with Crippen LogP contribution < -0.4 is 15.8 Å². The SMILES string of the molecule is Cc1ccc(O[C@H](C)C(=O)Nc2cccc(C(N)=O)c2C)c(C)c1. The molecule has 0 spiro atoms. The summed E-state index contributed by atoms with van der Waals surface area (Å²) >= 11 is 0. The summed E-state index contributed by atoms with van der Waals surface area (Å²) in [6, 6.07) is 10.8. The summed E-state index contributed by atoms with van der Waals surface area (Å²) in [6.45, 7) is 7.36. The van der Waals surface area contributed by atoms with E-state index in [4.69, 9.17) is 10.5 Å². The molecule has 0 unspecified atom stereocenters. The van der Waals surface area contributed by atoms with Crippen LogP contribution in [0.25, 0.3) is 0 Å². The standard InChI is InChI=1S/C19H22N2O3/c1-11-8-9-17(12(2)10-11)24-14(4)19(23)21-16-7-5-6-15(13(16)3)18(20)22/h5-10,14H,1-4H3,(H2,20,22)(H,21,23)/t14-/m1/s1. The summed E-state index contributed by atoms with van der Waals surface area (Å²) in [4.78, 5) is 23.8. The molecular formula is C19H22N2O3. The molecule has 0 saturated heterocycles. The average Bonchev–Trinajstić information content (AvgIpc) is 2.51. The molecule has 3 N–H and O–H groups in total. The third-order valence-corrected chi connectivity index (χ3v) is 3.86. The van der Waals surface area contributed by atoms with Gasteiger partial charge in [0.2, 0.25) is 5.91 Å². The minimum absolute atomic E-state index is 0.292. The Morgan fingerprint density at radius 2 is 1.83 bits per heavy atom. The highest BCUT2D eigenvalue weighted by Gasteiger charge is 2.18. The summed E-state index contributed by atoms with van der Waals surface area (Å²) < 4.78 is 5.75. The van der Waals surface area contributed by atoms with Crippen molar-refractivity contribution >= 4 is 17.5 Å². The second-order valence-electron chi connectivity index (χ2n) is 5.86. The highest BCUT2D eigenvalue weighted by Crippen LogP contribution is 2.22. The molecule has 0 saturated carbocycles. The summed E-state index contributed by atoms with van der Waals surface area (Å²) in [6.07, 6.45) is -0.678. The number of aryl methyl sites for hydroxylation is 2. The van der Waals surface area contributed by atoms with E-state index in [0.29, 0.717) is 22.6 Å². The van der Waals surface area contributed by atoms with Gasteiger partial charge in [0.1, 0.15) is 5.75 Å². The smallest absolute Gasteiger partial charge is 0.265 e. The van der Waals surface area contributed by atoms with Crippen molar-refractivity contribution in [2.45, 2.75) is 33.8 Å². The van der Waals surface area contributed by atoms with Gasteiger partial charge in [-0.15, -0.1) is 0 Å². The molecule has 0 heterocycles. The molecule has 0 fully saturated rings. The molecule has 0 aromatic heterocycles. The Labute approximate surface area is 141 Å². The molecule has 0 aliphatic rings. The molecular weight excluding hydrogens is 304 g/mol. The number of hydrogen-bond acceptors (Lipinski definition) is 3. The molecule has 5 nitrogen and oxygen atoms in total. The van der Waals surface area contributed by atoms with Crippen LogP contribution in [0, 0.1) is 20.8 Å². The first-order valence-corrected chi connectivity index (χ1v) is 7.73. The number of anilines is 1. The number of rotatable bonds is 5. The van der Waals surface area contributed by atoms with Crippen LogP contribution in [0.4, 0.5) is 5.69 Å². The van der Waals surface area contributed by atoms with E-state index >= 15 is 0 Å². The lowest BCUT2D eigenvalue weighted by atomic mass is 10.1. The van der Waals surface area contributed by atoms with Crippen LogP contribution in [-0.4, -0.2) is 17.9 Å². The predicted molar refractivity (Wildman–Crippen MR) is 94.3 cm³/mol. The summed E-state index contributed by atoms with van der Waals surface area (Å²) in [7, 11) is 0. The molecule has 0 aliphatic carbocycles. The summed E-state index contributed by atoms with van der Waals surface area (Å²) in [5.41, 5.74) is 9.01. The van der Waals surface area contributed by atoms with Gasteiger partial charge in [0.25, 0.3) is 5.91 Å². The zero-order valence-electron chi connectivity index (χ0n) is 14.3. The van der Waals surface area contributed by atoms with Gasteiger partial charge in [-0.3, -0.25) is 9.59 Å². The maximum atomic E-state index is 12.4. The third-order valence-electron chi connectivity index (χ3n) is 3.86. The Balaban J connectivity index is 2.12. The monoisotopic (exact) mass is 326 g/mol. The zero-order valence-corrected chi connectivity index (χ0v) is 14.3. The Kier molecular flexibility index (Phi) is 5.24. The van der Waals surface area contributed by atoms with E-state index in [9.17, 15) is 9.59 Å². The maximum Gasteiger partial charge on any atom is 0.265 e. The molecule has 0 bridgehead atoms. The minimum atomic E-state index is -0.678. The van der Waals surface area contributed by atoms with Gasteiger partial charge < -0.3 is 15.8 Å². The quantitative estimate of drug-likeness (QED) is 0.886. The van der Waals surface area contributed by atoms with Gasteiger partial charge >= 0.3 is 0 Å². The van der Waals surface area contributed by atoms with Crippen molar-refractivity contribution in [3.8, 4) is 5.75 Å². The van der Waals surface area contributed by atoms with E-state index in [0.717, 1.165) is 11.1 Å². The second kappa shape index (κ2) is 7.17. The van der Waals surface area contributed by atoms with E-state index in [1.165, 1.54) is 0 Å². The van der Waals surface area contributed by atoms with E-state index in [2.05, 4.69) is 5.32 Å². The van der Waals surface area contributed by atoms with Crippen LogP contribution in [-0.2, 0) is 4.79 Å². The van der Waals surface area contributed by atoms with Crippen molar-refractivity contribution in [1.82, 2.24) is 0 Å². The van der Waals surface area contributed by atoms with E-state index in [1.54, 1.807) is 32.0 Å². The topological polar surface area (TPSA) is 81.4 Å². The Morgan fingerprint density at radius 3 is 2.46 bits per heavy atom. The van der Waals surface area contributed by atoms with Crippen molar-refractivity contribution < 1.29 is 14.3 Å². The first-order chi connectivity index (χ1) is 11.3. The van der Waals surface area contributed by atoms with Gasteiger partial charge in [-0.1, -0.05) is 23.8 Å². The minimum Gasteiger partial charge on any atom is -0.481 e. The molecule has 0 radical (unpaired) electrons. The van der Waals surface area contributed by atoms with Gasteiger partial charge in [0, 0.05) is 11.3 Å². The van der Waals surface area contributed by atoms with Crippen molar-refractivity contribution in [2.75, 3.05) is 5.32 Å². The first kappa shape index (κ1) is 17.5. The van der Waals surface area contributed by atoms with Crippen LogP contribution in [0.2, 0.25) is 0 Å². The molecule has 2 aromatic carbocycles. The van der Waals surface area contributed by atoms with Crippen LogP contribution in [0.1, 0.15) is 34.0 Å². The van der Waals surface area contributed by atoms with Gasteiger partial charge in [0.15, 0.2) is 6.10 Å². The molecule has 126 valence electrons. The Morgan fingerprint density at radius 1 is 1.12 bits per heavy atom. The number of primary amides is 1. The third kappa shape index (κ3) is 3.93. The Bertz CT molecular complexity index is 784. The normalized spacial score (nSPS) is 11.7. The molecule has 5 heteroatoms. The van der Waals surface area contributed by atoms with Crippen LogP contribution in [0.5, 0.6) is 5.75 Å². The lowest BCUT2D eigenvalue weighted by Crippen LogP contribution is -2.30. The second-order valence-corrected chi connectivity index (χ2v) is 5.86. The number of nitrogens with one attached hydrogen (secondary N) is 1. The van der Waals surface area contributed by atoms with E-state index in [-0.39, 0.29) is 5.91 Å². The van der Waals surface area contributed by atoms with Gasteiger partial charge in [0.05, 0.1) is 0 Å². The number of nitrogens with two attached hydrogens (primary N) is 1. The fraction of sp³-hybridized carbons (Fsp3) is 0.263. The fourth-order valence-corrected chi connectivity index (χ4v) is 2.45. The molecule has 1 atom stereocenters. The number of carbonyl (C=O) groups excluding carboxylic acids is 2. The van der Waals surface area contributed by atoms with Gasteiger partial charge in [-0.05, 0) is 57.0 Å². The zero-order chi connectivity index (χ0) is 17.9. The fourth-order valence-electron chi connectivity index (χ4n) is 2.45. The number of carbonyl (C=O) groups is 2. The number of hydrogen-bond donors (Lipinski definition) is 2. The predicted octanol–water partition coefficient (Wildman–Crippen LogP) is 3.12. The van der Waals surface area contributed by atoms with Crippen molar-refractivity contribution in [2.24, 2.45) is 5.73 Å². The summed E-state index contributed by atoms with van der Waals surface area (Å²) in [5, 5.41) is 2.78. The molecule has 2 amide bonds. The lowest BCUT2D eigenvalue weighted by molar-refractivity contribution is -0.122. The van der Waals surface area contributed by atoms with Crippen LogP contribution >= 0.6 is 0 Å². The van der Waals surface area contributed by atoms with Crippen molar-refractivity contribution in [3.63, 3.8) is 0 Å². The molecule has 2 rings (SSSR count). The van der Waals surface area contributed by atoms with Crippen LogP contribution in [0.15, 0.2) is 36.4 Å². The highest BCUT2D eigenvalue weighted by atomic mass is 16.5. The number of amides is 2. The number of ether oxygens (including phenoxy) is 1. The average molecular weight is 326 g/mol. The van der Waals surface area contributed by atoms with Gasteiger partial charge in [-0.25, -0.2) is 0 Å². The summed E-state index contributed by atoms with van der Waals surface area (Å²) in [5.74, 6) is -0.145.